The van der Waals surface area contributed by atoms with Crippen LogP contribution in [0.3, 0.4) is 0 Å². The molecule has 0 radical (unpaired) electrons. The molecule has 2 N–H and O–H groups in total. The van der Waals surface area contributed by atoms with Crippen molar-refractivity contribution in [2.75, 3.05) is 41.2 Å². The topological polar surface area (TPSA) is 87.7 Å². The molecule has 1 aliphatic heterocycles. The van der Waals surface area contributed by atoms with E-state index in [1.165, 1.54) is 12.1 Å². The van der Waals surface area contributed by atoms with E-state index in [-0.39, 0.29) is 10.8 Å². The summed E-state index contributed by atoms with van der Waals surface area (Å²) in [5.74, 6) is -0.257. The van der Waals surface area contributed by atoms with Crippen LogP contribution in [0.15, 0.2) is 71.6 Å². The van der Waals surface area contributed by atoms with E-state index in [4.69, 9.17) is 4.74 Å². The van der Waals surface area contributed by atoms with Crippen LogP contribution in [0.4, 0.5) is 17.1 Å². The number of amides is 1. The van der Waals surface area contributed by atoms with Crippen LogP contribution < -0.4 is 14.9 Å². The van der Waals surface area contributed by atoms with Crippen LogP contribution in [0.2, 0.25) is 0 Å². The second kappa shape index (κ2) is 9.64. The van der Waals surface area contributed by atoms with Crippen molar-refractivity contribution in [2.45, 2.75) is 18.7 Å². The summed E-state index contributed by atoms with van der Waals surface area (Å²) in [5.41, 5.74) is 4.38. The lowest BCUT2D eigenvalue weighted by molar-refractivity contribution is 0.102. The summed E-state index contributed by atoms with van der Waals surface area (Å²) in [6, 6.07) is 19.1. The van der Waals surface area contributed by atoms with Gasteiger partial charge in [-0.2, -0.15) is 0 Å². The molecule has 172 valence electrons. The van der Waals surface area contributed by atoms with Gasteiger partial charge in [0.1, 0.15) is 0 Å². The molecule has 3 aromatic rings. The first-order valence-electron chi connectivity index (χ1n) is 10.8. The Balaban J connectivity index is 1.42. The van der Waals surface area contributed by atoms with Crippen molar-refractivity contribution in [3.05, 3.63) is 83.4 Å². The van der Waals surface area contributed by atoms with Gasteiger partial charge in [0.25, 0.3) is 15.9 Å². The number of carbonyl (C=O) groups is 1. The van der Waals surface area contributed by atoms with Gasteiger partial charge in [0, 0.05) is 30.0 Å². The van der Waals surface area contributed by atoms with Crippen molar-refractivity contribution in [1.29, 1.82) is 0 Å². The number of para-hydroxylation sites is 1. The molecule has 8 heteroatoms. The third-order valence-electron chi connectivity index (χ3n) is 5.65. The van der Waals surface area contributed by atoms with E-state index in [9.17, 15) is 13.2 Å². The lowest BCUT2D eigenvalue weighted by Crippen LogP contribution is -2.36. The average molecular weight is 466 g/mol. The lowest BCUT2D eigenvalue weighted by Gasteiger charge is -2.28. The second-order valence-corrected chi connectivity index (χ2v) is 9.68. The summed E-state index contributed by atoms with van der Waals surface area (Å²) in [6.45, 7) is 6.79. The summed E-state index contributed by atoms with van der Waals surface area (Å²) in [5, 5.41) is 2.82. The monoisotopic (exact) mass is 465 g/mol. The van der Waals surface area contributed by atoms with Gasteiger partial charge in [-0.15, -0.1) is 0 Å². The summed E-state index contributed by atoms with van der Waals surface area (Å²) >= 11 is 0. The highest BCUT2D eigenvalue weighted by molar-refractivity contribution is 7.92. The number of hydrogen-bond donors (Lipinski definition) is 2. The van der Waals surface area contributed by atoms with Crippen molar-refractivity contribution in [3.8, 4) is 0 Å². The maximum atomic E-state index is 12.8. The molecule has 1 amide bonds. The number of anilines is 3. The Morgan fingerprint density at radius 2 is 1.48 bits per heavy atom. The molecule has 1 fully saturated rings. The first-order chi connectivity index (χ1) is 15.8. The molecule has 3 aromatic carbocycles. The van der Waals surface area contributed by atoms with Crippen LogP contribution in [-0.2, 0) is 14.8 Å². The molecule has 0 spiro atoms. The van der Waals surface area contributed by atoms with Crippen molar-refractivity contribution in [3.63, 3.8) is 0 Å². The van der Waals surface area contributed by atoms with Gasteiger partial charge in [-0.05, 0) is 73.5 Å². The first kappa shape index (κ1) is 22.8. The van der Waals surface area contributed by atoms with Crippen LogP contribution in [-0.4, -0.2) is 40.6 Å². The maximum absolute atomic E-state index is 12.8. The smallest absolute Gasteiger partial charge is 0.261 e. The quantitative estimate of drug-likeness (QED) is 0.570. The third kappa shape index (κ3) is 5.35. The number of ether oxygens (including phenoxy) is 1. The Kier molecular flexibility index (Phi) is 6.67. The van der Waals surface area contributed by atoms with Crippen molar-refractivity contribution in [2.24, 2.45) is 0 Å². The third-order valence-corrected chi connectivity index (χ3v) is 7.01. The van der Waals surface area contributed by atoms with Gasteiger partial charge >= 0.3 is 0 Å². The standard InChI is InChI=1S/C25H27N3O4S/c1-18-4-3-5-19(2)24(18)27-33(30,31)23-12-8-21(9-13-23)26-25(29)20-6-10-22(11-7-20)28-14-16-32-17-15-28/h3-13,27H,14-17H2,1-2H3,(H,26,29). The molecule has 7 nitrogen and oxygen atoms in total. The van der Waals surface area contributed by atoms with Crippen LogP contribution in [0, 0.1) is 13.8 Å². The Bertz CT molecular complexity index is 1210. The maximum Gasteiger partial charge on any atom is 0.261 e. The summed E-state index contributed by atoms with van der Waals surface area (Å²) in [6.07, 6.45) is 0. The zero-order valence-electron chi connectivity index (χ0n) is 18.7. The normalized spacial score (nSPS) is 14.1. The molecule has 4 rings (SSSR count). The summed E-state index contributed by atoms with van der Waals surface area (Å²) in [7, 11) is -3.75. The van der Waals surface area contributed by atoms with E-state index >= 15 is 0 Å². The molecule has 0 unspecified atom stereocenters. The van der Waals surface area contributed by atoms with E-state index < -0.39 is 10.0 Å². The second-order valence-electron chi connectivity index (χ2n) is 8.00. The highest BCUT2D eigenvalue weighted by Gasteiger charge is 2.17. The van der Waals surface area contributed by atoms with Crippen LogP contribution in [0.5, 0.6) is 0 Å². The molecular formula is C25H27N3O4S. The Morgan fingerprint density at radius 1 is 0.879 bits per heavy atom. The van der Waals surface area contributed by atoms with E-state index in [0.29, 0.717) is 30.2 Å². The number of aryl methyl sites for hydroxylation is 2. The number of nitrogens with one attached hydrogen (secondary N) is 2. The van der Waals surface area contributed by atoms with E-state index in [2.05, 4.69) is 14.9 Å². The largest absolute Gasteiger partial charge is 0.378 e. The molecule has 1 aliphatic rings. The first-order valence-corrected chi connectivity index (χ1v) is 12.2. The molecule has 33 heavy (non-hydrogen) atoms. The van der Waals surface area contributed by atoms with E-state index in [1.54, 1.807) is 24.3 Å². The highest BCUT2D eigenvalue weighted by atomic mass is 32.2. The van der Waals surface area contributed by atoms with Crippen LogP contribution in [0.25, 0.3) is 0 Å². The SMILES string of the molecule is Cc1cccc(C)c1NS(=O)(=O)c1ccc(NC(=O)c2ccc(N3CCOCC3)cc2)cc1. The Morgan fingerprint density at radius 3 is 2.09 bits per heavy atom. The lowest BCUT2D eigenvalue weighted by atomic mass is 10.1. The zero-order chi connectivity index (χ0) is 23.4. The number of hydrogen-bond acceptors (Lipinski definition) is 5. The fourth-order valence-electron chi connectivity index (χ4n) is 3.73. The molecule has 0 saturated carbocycles. The minimum atomic E-state index is -3.75. The van der Waals surface area contributed by atoms with Crippen molar-refractivity contribution in [1.82, 2.24) is 0 Å². The highest BCUT2D eigenvalue weighted by Crippen LogP contribution is 2.24. The van der Waals surface area contributed by atoms with Crippen LogP contribution >= 0.6 is 0 Å². The summed E-state index contributed by atoms with van der Waals surface area (Å²) < 4.78 is 33.7. The minimum absolute atomic E-state index is 0.123. The molecule has 0 aromatic heterocycles. The summed E-state index contributed by atoms with van der Waals surface area (Å²) in [4.78, 5) is 15.0. The number of benzene rings is 3. The van der Waals surface area contributed by atoms with Crippen LogP contribution in [0.1, 0.15) is 21.5 Å². The minimum Gasteiger partial charge on any atom is -0.378 e. The van der Waals surface area contributed by atoms with Gasteiger partial charge in [-0.1, -0.05) is 18.2 Å². The van der Waals surface area contributed by atoms with Gasteiger partial charge < -0.3 is 15.0 Å². The molecule has 0 bridgehead atoms. The predicted molar refractivity (Wildman–Crippen MR) is 131 cm³/mol. The number of nitrogens with zero attached hydrogens (tertiary/aromatic N) is 1. The van der Waals surface area contributed by atoms with Gasteiger partial charge in [-0.3, -0.25) is 9.52 Å². The molecular weight excluding hydrogens is 438 g/mol. The number of sulfonamides is 1. The Labute approximate surface area is 194 Å². The van der Waals surface area contributed by atoms with Crippen molar-refractivity contribution < 1.29 is 17.9 Å². The predicted octanol–water partition coefficient (Wildman–Crippen LogP) is 4.19. The van der Waals surface area contributed by atoms with Gasteiger partial charge in [0.05, 0.1) is 23.8 Å². The van der Waals surface area contributed by atoms with Crippen molar-refractivity contribution >= 4 is 33.0 Å². The molecule has 0 atom stereocenters. The van der Waals surface area contributed by atoms with Gasteiger partial charge in [0.15, 0.2) is 0 Å². The molecule has 1 saturated heterocycles. The number of rotatable bonds is 6. The molecule has 1 heterocycles. The van der Waals surface area contributed by atoms with Gasteiger partial charge in [0.2, 0.25) is 0 Å². The zero-order valence-corrected chi connectivity index (χ0v) is 19.5. The number of morpholine rings is 1. The Hall–Kier alpha value is -3.36. The van der Waals surface area contributed by atoms with E-state index in [1.807, 2.05) is 44.2 Å². The fraction of sp³-hybridized carbons (Fsp3) is 0.240. The molecule has 0 aliphatic carbocycles. The van der Waals surface area contributed by atoms with Gasteiger partial charge in [-0.25, -0.2) is 8.42 Å². The average Bonchev–Trinajstić information content (AvgIpc) is 2.82. The fourth-order valence-corrected chi connectivity index (χ4v) is 4.94. The van der Waals surface area contributed by atoms with E-state index in [0.717, 1.165) is 29.9 Å². The number of carbonyl (C=O) groups excluding carboxylic acids is 1.